The first kappa shape index (κ1) is 23.3. The highest BCUT2D eigenvalue weighted by atomic mass is 19.1. The summed E-state index contributed by atoms with van der Waals surface area (Å²) in [5.74, 6) is -0.345. The fraction of sp³-hybridized carbons (Fsp3) is 0.231. The molecular formula is C26H30F2. The van der Waals surface area contributed by atoms with Gasteiger partial charge in [-0.25, -0.2) is 8.78 Å². The van der Waals surface area contributed by atoms with Gasteiger partial charge < -0.3 is 0 Å². The van der Waals surface area contributed by atoms with Gasteiger partial charge in [-0.1, -0.05) is 81.5 Å². The Morgan fingerprint density at radius 2 is 1.32 bits per heavy atom. The summed E-state index contributed by atoms with van der Waals surface area (Å²) < 4.78 is 25.4. The fourth-order valence-corrected chi connectivity index (χ4v) is 2.59. The van der Waals surface area contributed by atoms with E-state index in [1.807, 2.05) is 52.0 Å². The summed E-state index contributed by atoms with van der Waals surface area (Å²) in [6, 6.07) is 21.5. The third kappa shape index (κ3) is 8.30. The van der Waals surface area contributed by atoms with Crippen LogP contribution in [-0.2, 0) is 12.8 Å². The van der Waals surface area contributed by atoms with E-state index in [2.05, 4.69) is 18.7 Å². The van der Waals surface area contributed by atoms with Gasteiger partial charge in [-0.2, -0.15) is 0 Å². The summed E-state index contributed by atoms with van der Waals surface area (Å²) in [6.07, 6.45) is 1.79. The molecular weight excluding hydrogens is 350 g/mol. The van der Waals surface area contributed by atoms with Crippen LogP contribution in [0.5, 0.6) is 0 Å². The van der Waals surface area contributed by atoms with Crippen molar-refractivity contribution in [3.05, 3.63) is 108 Å². The lowest BCUT2D eigenvalue weighted by Crippen LogP contribution is -1.86. The molecule has 3 rings (SSSR count). The van der Waals surface area contributed by atoms with Crippen LogP contribution >= 0.6 is 0 Å². The maximum Gasteiger partial charge on any atom is 0.123 e. The minimum atomic E-state index is -0.200. The standard InChI is InChI=1S/C16H15F.C8H9F.C2H6/c1-12(2)10-13-6-8-14(9-7-13)15-4-3-5-16(17)11-15;1-2-7-4-3-5-8(9)6-7;1-2/h3-9,11H,1,10H2,2H3;3-6H,2H2,1H3;1-2H3. The highest BCUT2D eigenvalue weighted by Gasteiger charge is 1.99. The van der Waals surface area contributed by atoms with E-state index >= 15 is 0 Å². The molecule has 0 aromatic heterocycles. The van der Waals surface area contributed by atoms with Crippen molar-refractivity contribution in [2.24, 2.45) is 0 Å². The molecule has 3 aromatic carbocycles. The van der Waals surface area contributed by atoms with Crippen LogP contribution < -0.4 is 0 Å². The molecule has 0 atom stereocenters. The topological polar surface area (TPSA) is 0 Å². The lowest BCUT2D eigenvalue weighted by molar-refractivity contribution is 0.625. The zero-order chi connectivity index (χ0) is 20.9. The van der Waals surface area contributed by atoms with Crippen molar-refractivity contribution in [3.63, 3.8) is 0 Å². The molecule has 0 aliphatic carbocycles. The second-order valence-corrected chi connectivity index (χ2v) is 6.32. The second kappa shape index (κ2) is 12.6. The maximum atomic E-state index is 13.1. The van der Waals surface area contributed by atoms with Crippen molar-refractivity contribution in [1.29, 1.82) is 0 Å². The molecule has 0 radical (unpaired) electrons. The van der Waals surface area contributed by atoms with Crippen LogP contribution in [0.25, 0.3) is 11.1 Å². The SMILES string of the molecule is C=C(C)Cc1ccc(-c2cccc(F)c2)cc1.CC.CCc1cccc(F)c1. The zero-order valence-electron chi connectivity index (χ0n) is 17.3. The molecule has 0 nitrogen and oxygen atoms in total. The van der Waals surface area contributed by atoms with Crippen molar-refractivity contribution in [3.8, 4) is 11.1 Å². The quantitative estimate of drug-likeness (QED) is 0.402. The van der Waals surface area contributed by atoms with Gasteiger partial charge in [0.25, 0.3) is 0 Å². The Bertz CT molecular complexity index is 848. The van der Waals surface area contributed by atoms with Crippen LogP contribution in [0.1, 0.15) is 38.8 Å². The van der Waals surface area contributed by atoms with Crippen molar-refractivity contribution < 1.29 is 8.78 Å². The first-order chi connectivity index (χ1) is 13.5. The van der Waals surface area contributed by atoms with E-state index in [9.17, 15) is 8.78 Å². The predicted molar refractivity (Wildman–Crippen MR) is 117 cm³/mol. The first-order valence-electron chi connectivity index (χ1n) is 9.71. The molecule has 28 heavy (non-hydrogen) atoms. The van der Waals surface area contributed by atoms with Gasteiger partial charge in [-0.3, -0.25) is 0 Å². The molecule has 148 valence electrons. The van der Waals surface area contributed by atoms with Gasteiger partial charge in [0.05, 0.1) is 0 Å². The summed E-state index contributed by atoms with van der Waals surface area (Å²) in [7, 11) is 0. The maximum absolute atomic E-state index is 13.1. The average molecular weight is 381 g/mol. The van der Waals surface area contributed by atoms with E-state index < -0.39 is 0 Å². The van der Waals surface area contributed by atoms with Crippen LogP contribution in [0.2, 0.25) is 0 Å². The molecule has 0 spiro atoms. The molecule has 0 saturated carbocycles. The lowest BCUT2D eigenvalue weighted by Gasteiger charge is -2.04. The fourth-order valence-electron chi connectivity index (χ4n) is 2.59. The van der Waals surface area contributed by atoms with Crippen LogP contribution in [0.3, 0.4) is 0 Å². The third-order valence-corrected chi connectivity index (χ3v) is 3.92. The van der Waals surface area contributed by atoms with Crippen LogP contribution in [0, 0.1) is 11.6 Å². The van der Waals surface area contributed by atoms with E-state index in [0.29, 0.717) is 0 Å². The monoisotopic (exact) mass is 380 g/mol. The Morgan fingerprint density at radius 1 is 0.750 bits per heavy atom. The van der Waals surface area contributed by atoms with Gasteiger partial charge in [0, 0.05) is 0 Å². The highest BCUT2D eigenvalue weighted by Crippen LogP contribution is 2.21. The Labute approximate surface area is 168 Å². The molecule has 0 aliphatic heterocycles. The second-order valence-electron chi connectivity index (χ2n) is 6.32. The molecule has 0 saturated heterocycles. The Kier molecular flexibility index (Phi) is 10.5. The van der Waals surface area contributed by atoms with E-state index in [1.54, 1.807) is 24.3 Å². The first-order valence-corrected chi connectivity index (χ1v) is 9.71. The molecule has 0 unspecified atom stereocenters. The van der Waals surface area contributed by atoms with Crippen molar-refractivity contribution in [2.75, 3.05) is 0 Å². The minimum absolute atomic E-state index is 0.144. The Balaban J connectivity index is 0.000000301. The van der Waals surface area contributed by atoms with Crippen molar-refractivity contribution in [1.82, 2.24) is 0 Å². The van der Waals surface area contributed by atoms with Crippen molar-refractivity contribution >= 4 is 0 Å². The van der Waals surface area contributed by atoms with Gasteiger partial charge in [0.1, 0.15) is 11.6 Å². The van der Waals surface area contributed by atoms with Crippen molar-refractivity contribution in [2.45, 2.75) is 40.5 Å². The van der Waals surface area contributed by atoms with E-state index in [1.165, 1.54) is 17.7 Å². The third-order valence-electron chi connectivity index (χ3n) is 3.92. The van der Waals surface area contributed by atoms with E-state index in [0.717, 1.165) is 35.1 Å². The summed E-state index contributed by atoms with van der Waals surface area (Å²) in [5, 5.41) is 0. The Hall–Kier alpha value is -2.74. The van der Waals surface area contributed by atoms with Gasteiger partial charge in [-0.05, 0) is 66.3 Å². The predicted octanol–water partition coefficient (Wildman–Crippen LogP) is 8.03. The average Bonchev–Trinajstić information content (AvgIpc) is 2.70. The van der Waals surface area contributed by atoms with Crippen LogP contribution in [0.15, 0.2) is 84.9 Å². The van der Waals surface area contributed by atoms with Gasteiger partial charge in [0.2, 0.25) is 0 Å². The molecule has 0 N–H and O–H groups in total. The number of halogens is 2. The summed E-state index contributed by atoms with van der Waals surface area (Å²) in [4.78, 5) is 0. The van der Waals surface area contributed by atoms with Crippen LogP contribution in [-0.4, -0.2) is 0 Å². The molecule has 3 aromatic rings. The smallest absolute Gasteiger partial charge is 0.123 e. The molecule has 2 heteroatoms. The molecule has 0 fully saturated rings. The molecule has 0 aliphatic rings. The largest absolute Gasteiger partial charge is 0.207 e. The van der Waals surface area contributed by atoms with Gasteiger partial charge >= 0.3 is 0 Å². The molecule has 0 bridgehead atoms. The lowest BCUT2D eigenvalue weighted by atomic mass is 10.0. The summed E-state index contributed by atoms with van der Waals surface area (Å²) in [5.41, 5.74) is 5.37. The van der Waals surface area contributed by atoms with Gasteiger partial charge in [0.15, 0.2) is 0 Å². The number of hydrogen-bond donors (Lipinski definition) is 0. The Morgan fingerprint density at radius 3 is 1.79 bits per heavy atom. The highest BCUT2D eigenvalue weighted by molar-refractivity contribution is 5.63. The summed E-state index contributed by atoms with van der Waals surface area (Å²) in [6.45, 7) is 11.9. The number of hydrogen-bond acceptors (Lipinski definition) is 0. The van der Waals surface area contributed by atoms with E-state index in [-0.39, 0.29) is 11.6 Å². The summed E-state index contributed by atoms with van der Waals surface area (Å²) >= 11 is 0. The molecule has 0 heterocycles. The number of rotatable bonds is 4. The zero-order valence-corrected chi connectivity index (χ0v) is 17.3. The van der Waals surface area contributed by atoms with E-state index in [4.69, 9.17) is 0 Å². The van der Waals surface area contributed by atoms with Gasteiger partial charge in [-0.15, -0.1) is 0 Å². The normalized spacial score (nSPS) is 9.50. The number of aryl methyl sites for hydroxylation is 1. The molecule has 0 amide bonds. The minimum Gasteiger partial charge on any atom is -0.207 e. The number of benzene rings is 3. The number of allylic oxidation sites excluding steroid dienone is 1. The van der Waals surface area contributed by atoms with Crippen LogP contribution in [0.4, 0.5) is 8.78 Å².